The molecule has 2 aliphatic rings. The lowest BCUT2D eigenvalue weighted by atomic mass is 10.0. The summed E-state index contributed by atoms with van der Waals surface area (Å²) in [4.78, 5) is 34.9. The van der Waals surface area contributed by atoms with Gasteiger partial charge >= 0.3 is 6.03 Å². The zero-order valence-electron chi connectivity index (χ0n) is 18.8. The Morgan fingerprint density at radius 1 is 1.06 bits per heavy atom. The minimum Gasteiger partial charge on any atom is -0.355 e. The Balaban J connectivity index is 1.15. The Morgan fingerprint density at radius 2 is 1.79 bits per heavy atom. The van der Waals surface area contributed by atoms with Gasteiger partial charge in [0.1, 0.15) is 0 Å². The van der Waals surface area contributed by atoms with Gasteiger partial charge in [0.25, 0.3) is 0 Å². The van der Waals surface area contributed by atoms with E-state index < -0.39 is 0 Å². The summed E-state index contributed by atoms with van der Waals surface area (Å²) in [6, 6.07) is 12.3. The highest BCUT2D eigenvalue weighted by molar-refractivity contribution is 8.00. The predicted molar refractivity (Wildman–Crippen MR) is 130 cm³/mol. The third-order valence-electron chi connectivity index (χ3n) is 6.05. The third-order valence-corrected chi connectivity index (χ3v) is 7.56. The fraction of sp³-hybridized carbons (Fsp3) is 0.500. The maximum atomic E-state index is 12.3. The number of pyridine rings is 2. The fourth-order valence-electron chi connectivity index (χ4n) is 4.37. The molecule has 3 N–H and O–H groups in total. The lowest BCUT2D eigenvalue weighted by molar-refractivity contribution is -0.121. The van der Waals surface area contributed by atoms with Gasteiger partial charge in [-0.25, -0.2) is 4.79 Å². The monoisotopic (exact) mass is 468 g/mol. The van der Waals surface area contributed by atoms with Gasteiger partial charge in [0.15, 0.2) is 0 Å². The minimum atomic E-state index is -0.0465. The molecule has 2 aliphatic heterocycles. The smallest absolute Gasteiger partial charge is 0.315 e. The van der Waals surface area contributed by atoms with Crippen molar-refractivity contribution in [3.8, 4) is 0 Å². The van der Waals surface area contributed by atoms with Crippen LogP contribution in [0.5, 0.6) is 0 Å². The van der Waals surface area contributed by atoms with Crippen molar-refractivity contribution in [2.24, 2.45) is 0 Å². The summed E-state index contributed by atoms with van der Waals surface area (Å²) in [5.41, 5.74) is 2.00. The summed E-state index contributed by atoms with van der Waals surface area (Å²) in [7, 11) is 0. The average Bonchev–Trinajstić information content (AvgIpc) is 3.37. The highest BCUT2D eigenvalue weighted by Gasteiger charge is 2.42. The van der Waals surface area contributed by atoms with Crippen LogP contribution < -0.4 is 16.0 Å². The molecule has 3 amide bonds. The fourth-order valence-corrected chi connectivity index (χ4v) is 5.92. The van der Waals surface area contributed by atoms with Gasteiger partial charge in [-0.2, -0.15) is 11.8 Å². The first kappa shape index (κ1) is 23.5. The second-order valence-electron chi connectivity index (χ2n) is 8.57. The molecule has 3 atom stereocenters. The van der Waals surface area contributed by atoms with E-state index in [4.69, 9.17) is 0 Å². The van der Waals surface area contributed by atoms with Gasteiger partial charge in [0.05, 0.1) is 23.5 Å². The number of hydrogen-bond donors (Lipinski definition) is 3. The van der Waals surface area contributed by atoms with Crippen LogP contribution in [0.1, 0.15) is 37.1 Å². The quantitative estimate of drug-likeness (QED) is 0.327. The van der Waals surface area contributed by atoms with Crippen molar-refractivity contribution >= 4 is 23.7 Å². The Hall–Kier alpha value is -2.65. The highest BCUT2D eigenvalue weighted by atomic mass is 32.2. The zero-order chi connectivity index (χ0) is 22.9. The molecule has 4 rings (SSSR count). The largest absolute Gasteiger partial charge is 0.355 e. The molecule has 2 fully saturated rings. The number of aromatic nitrogens is 2. The van der Waals surface area contributed by atoms with Gasteiger partial charge in [0.2, 0.25) is 5.91 Å². The minimum absolute atomic E-state index is 0.0465. The van der Waals surface area contributed by atoms with Gasteiger partial charge in [0, 0.05) is 56.0 Å². The van der Waals surface area contributed by atoms with Gasteiger partial charge < -0.3 is 16.0 Å². The molecule has 9 heteroatoms. The van der Waals surface area contributed by atoms with Crippen LogP contribution in [-0.2, 0) is 17.9 Å². The second kappa shape index (κ2) is 12.0. The van der Waals surface area contributed by atoms with E-state index in [2.05, 4.69) is 30.8 Å². The number of carbonyl (C=O) groups excluding carboxylic acids is 2. The number of nitrogens with zero attached hydrogens (tertiary/aromatic N) is 3. The van der Waals surface area contributed by atoms with Gasteiger partial charge in [-0.05, 0) is 37.1 Å². The van der Waals surface area contributed by atoms with Crippen molar-refractivity contribution in [1.82, 2.24) is 30.8 Å². The molecule has 0 saturated carbocycles. The average molecular weight is 469 g/mol. The first-order chi connectivity index (χ1) is 16.2. The van der Waals surface area contributed by atoms with Crippen molar-refractivity contribution in [3.05, 3.63) is 60.2 Å². The predicted octanol–water partition coefficient (Wildman–Crippen LogP) is 2.32. The van der Waals surface area contributed by atoms with Crippen LogP contribution >= 0.6 is 11.8 Å². The number of thioether (sulfide) groups is 1. The molecule has 8 nitrogen and oxygen atoms in total. The number of amides is 3. The van der Waals surface area contributed by atoms with Crippen LogP contribution in [0.4, 0.5) is 4.79 Å². The van der Waals surface area contributed by atoms with Crippen LogP contribution in [0.15, 0.2) is 48.8 Å². The van der Waals surface area contributed by atoms with E-state index in [0.29, 0.717) is 31.3 Å². The first-order valence-electron chi connectivity index (χ1n) is 11.6. The number of rotatable bonds is 12. The topological polar surface area (TPSA) is 99.2 Å². The molecule has 4 heterocycles. The summed E-state index contributed by atoms with van der Waals surface area (Å²) >= 11 is 1.92. The number of nitrogens with one attached hydrogen (secondary N) is 3. The molecule has 176 valence electrons. The maximum Gasteiger partial charge on any atom is 0.315 e. The molecule has 33 heavy (non-hydrogen) atoms. The van der Waals surface area contributed by atoms with Crippen LogP contribution in [0, 0.1) is 0 Å². The summed E-state index contributed by atoms with van der Waals surface area (Å²) in [5.74, 6) is 1.07. The van der Waals surface area contributed by atoms with Crippen molar-refractivity contribution < 1.29 is 9.59 Å². The standard InChI is InChI=1S/C24H32N6O2S/c31-22(10-2-1-9-21-23-20(17-33-21)28-24(32)29-23)27-13-14-30(15-18-7-3-5-11-25-18)16-19-8-4-6-12-26-19/h3-8,11-12,20-21,23H,1-2,9-10,13-17H2,(H,27,31)(H2,28,29,32)/t20-,21-,23-/m0/s1. The molecule has 0 unspecified atom stereocenters. The van der Waals surface area contributed by atoms with E-state index in [-0.39, 0.29) is 24.0 Å². The van der Waals surface area contributed by atoms with E-state index in [1.165, 1.54) is 0 Å². The van der Waals surface area contributed by atoms with E-state index in [1.807, 2.05) is 48.2 Å². The molecule has 0 aliphatic carbocycles. The van der Waals surface area contributed by atoms with Crippen molar-refractivity contribution in [2.75, 3.05) is 18.8 Å². The normalized spacial score (nSPS) is 21.5. The van der Waals surface area contributed by atoms with Crippen molar-refractivity contribution in [3.63, 3.8) is 0 Å². The second-order valence-corrected chi connectivity index (χ2v) is 9.84. The third kappa shape index (κ3) is 7.17. The van der Waals surface area contributed by atoms with Gasteiger partial charge in [-0.3, -0.25) is 19.7 Å². The Labute approximate surface area is 199 Å². The molecular weight excluding hydrogens is 436 g/mol. The summed E-state index contributed by atoms with van der Waals surface area (Å²) in [6.07, 6.45) is 7.04. The van der Waals surface area contributed by atoms with Crippen LogP contribution in [0.3, 0.4) is 0 Å². The van der Waals surface area contributed by atoms with Gasteiger partial charge in [-0.1, -0.05) is 18.6 Å². The molecular formula is C24H32N6O2S. The number of carbonyl (C=O) groups is 2. The molecule has 0 bridgehead atoms. The number of hydrogen-bond acceptors (Lipinski definition) is 6. The van der Waals surface area contributed by atoms with E-state index in [1.54, 1.807) is 12.4 Å². The lowest BCUT2D eigenvalue weighted by Gasteiger charge is -2.22. The number of unbranched alkanes of at least 4 members (excludes halogenated alkanes) is 1. The van der Waals surface area contributed by atoms with E-state index in [0.717, 1.165) is 42.9 Å². The SMILES string of the molecule is O=C(CCCC[C@@H]1SC[C@@H]2NC(=O)N[C@@H]21)NCCN(Cc1ccccn1)Cc1ccccn1. The molecule has 2 aromatic heterocycles. The summed E-state index contributed by atoms with van der Waals surface area (Å²) < 4.78 is 0. The number of fused-ring (bicyclic) bond motifs is 1. The molecule has 2 saturated heterocycles. The Bertz CT molecular complexity index is 859. The zero-order valence-corrected chi connectivity index (χ0v) is 19.6. The van der Waals surface area contributed by atoms with Crippen LogP contribution in [0.25, 0.3) is 0 Å². The molecule has 0 spiro atoms. The lowest BCUT2D eigenvalue weighted by Crippen LogP contribution is -2.36. The highest BCUT2D eigenvalue weighted by Crippen LogP contribution is 2.33. The van der Waals surface area contributed by atoms with Crippen molar-refractivity contribution in [1.29, 1.82) is 0 Å². The molecule has 2 aromatic rings. The molecule has 0 radical (unpaired) electrons. The Kier molecular flexibility index (Phi) is 8.54. The Morgan fingerprint density at radius 3 is 2.45 bits per heavy atom. The summed E-state index contributed by atoms with van der Waals surface area (Å²) in [5, 5.41) is 9.51. The first-order valence-corrected chi connectivity index (χ1v) is 12.7. The van der Waals surface area contributed by atoms with Gasteiger partial charge in [-0.15, -0.1) is 0 Å². The van der Waals surface area contributed by atoms with Crippen molar-refractivity contribution in [2.45, 2.75) is 56.1 Å². The van der Waals surface area contributed by atoms with Crippen LogP contribution in [-0.4, -0.2) is 63.0 Å². The van der Waals surface area contributed by atoms with Crippen LogP contribution in [0.2, 0.25) is 0 Å². The van der Waals surface area contributed by atoms with E-state index >= 15 is 0 Å². The molecule has 0 aromatic carbocycles. The maximum absolute atomic E-state index is 12.3. The summed E-state index contributed by atoms with van der Waals surface area (Å²) in [6.45, 7) is 2.74. The van der Waals surface area contributed by atoms with E-state index in [9.17, 15) is 9.59 Å². The number of urea groups is 1.